The fourth-order valence-corrected chi connectivity index (χ4v) is 7.54. The summed E-state index contributed by atoms with van der Waals surface area (Å²) in [5.74, 6) is 0.994. The highest BCUT2D eigenvalue weighted by Gasteiger charge is 2.20. The molecule has 0 atom stereocenters. The van der Waals surface area contributed by atoms with Gasteiger partial charge in [0.05, 0.1) is 22.4 Å². The van der Waals surface area contributed by atoms with Crippen molar-refractivity contribution in [3.63, 3.8) is 0 Å². The van der Waals surface area contributed by atoms with Gasteiger partial charge in [-0.25, -0.2) is 9.97 Å². The molecule has 0 aliphatic heterocycles. The fourth-order valence-electron chi connectivity index (χ4n) is 7.54. The molecule has 59 heavy (non-hydrogen) atoms. The smallest absolute Gasteiger partial charge is 0.248 e. The van der Waals surface area contributed by atoms with E-state index in [2.05, 4.69) is 173 Å². The van der Waals surface area contributed by atoms with Gasteiger partial charge in [-0.3, -0.25) is 0 Å². The van der Waals surface area contributed by atoms with Gasteiger partial charge in [-0.15, -0.1) is 10.2 Å². The predicted octanol–water partition coefficient (Wildman–Crippen LogP) is 14.3. The summed E-state index contributed by atoms with van der Waals surface area (Å²) in [6.07, 6.45) is 0. The van der Waals surface area contributed by atoms with Crippen LogP contribution < -0.4 is 0 Å². The van der Waals surface area contributed by atoms with Crippen molar-refractivity contribution in [2.75, 3.05) is 0 Å². The Kier molecular flexibility index (Phi) is 9.60. The van der Waals surface area contributed by atoms with E-state index in [-0.39, 0.29) is 10.8 Å². The molecular weight excluding hydrogens is 721 g/mol. The molecule has 0 bridgehead atoms. The topological polar surface area (TPSA) is 64.7 Å². The van der Waals surface area contributed by atoms with Gasteiger partial charge in [-0.1, -0.05) is 175 Å². The molecule has 0 aliphatic rings. The van der Waals surface area contributed by atoms with Gasteiger partial charge in [0.1, 0.15) is 0 Å². The molecule has 2 aromatic heterocycles. The molecule has 0 unspecified atom stereocenters. The zero-order valence-corrected chi connectivity index (χ0v) is 34.4. The minimum atomic E-state index is 0.0586. The molecule has 0 fully saturated rings. The van der Waals surface area contributed by atoms with E-state index in [9.17, 15) is 0 Å². The van der Waals surface area contributed by atoms with Crippen molar-refractivity contribution >= 4 is 11.0 Å². The normalized spacial score (nSPS) is 11.9. The highest BCUT2D eigenvalue weighted by Crippen LogP contribution is 2.40. The van der Waals surface area contributed by atoms with Gasteiger partial charge < -0.3 is 4.42 Å². The summed E-state index contributed by atoms with van der Waals surface area (Å²) >= 11 is 0. The number of fused-ring (bicyclic) bond motifs is 1. The Labute approximate surface area is 346 Å². The molecular formula is C54H46N4O. The molecule has 0 aliphatic carbocycles. The third kappa shape index (κ3) is 7.72. The van der Waals surface area contributed by atoms with Crippen LogP contribution >= 0.6 is 0 Å². The lowest BCUT2D eigenvalue weighted by Gasteiger charge is -2.21. The molecule has 5 heteroatoms. The maximum Gasteiger partial charge on any atom is 0.248 e. The zero-order chi connectivity index (χ0) is 40.7. The van der Waals surface area contributed by atoms with Crippen molar-refractivity contribution in [1.29, 1.82) is 0 Å². The Hall–Kier alpha value is -6.98. The maximum absolute atomic E-state index is 6.00. The van der Waals surface area contributed by atoms with Crippen molar-refractivity contribution in [2.24, 2.45) is 0 Å². The third-order valence-electron chi connectivity index (χ3n) is 11.0. The van der Waals surface area contributed by atoms with Crippen LogP contribution in [0, 0.1) is 0 Å². The van der Waals surface area contributed by atoms with Crippen molar-refractivity contribution < 1.29 is 4.42 Å². The second-order valence-electron chi connectivity index (χ2n) is 17.3. The lowest BCUT2D eigenvalue weighted by Crippen LogP contribution is -2.10. The van der Waals surface area contributed by atoms with Crippen LogP contribution in [0.1, 0.15) is 52.7 Å². The van der Waals surface area contributed by atoms with E-state index in [1.165, 1.54) is 11.1 Å². The van der Waals surface area contributed by atoms with Gasteiger partial charge in [0.2, 0.25) is 11.8 Å². The summed E-state index contributed by atoms with van der Waals surface area (Å²) in [7, 11) is 0. The number of aromatic nitrogens is 4. The molecule has 288 valence electrons. The molecule has 5 nitrogen and oxygen atoms in total. The standard InChI is InChI=1S/C54H46N4O/c1-53(2,3)43-29-25-37(26-30-43)45-33-47-48(34-46(45)38-27-31-44(32-28-38)54(4,5)6)56-50(49(55-47)39-13-9-7-10-14-39)40-21-17-35(18-22-40)36-19-23-42(24-20-36)52-58-57-51(59-52)41-15-11-8-12-16-41/h7-34H,1-6H3. The van der Waals surface area contributed by atoms with Crippen LogP contribution in [0.15, 0.2) is 174 Å². The van der Waals surface area contributed by atoms with Crippen LogP contribution in [0.3, 0.4) is 0 Å². The highest BCUT2D eigenvalue weighted by molar-refractivity contribution is 5.96. The van der Waals surface area contributed by atoms with Crippen molar-refractivity contribution in [3.8, 4) is 78.8 Å². The lowest BCUT2D eigenvalue weighted by atomic mass is 9.84. The minimum Gasteiger partial charge on any atom is -0.416 e. The second-order valence-corrected chi connectivity index (χ2v) is 17.3. The van der Waals surface area contributed by atoms with Crippen LogP contribution in [0.5, 0.6) is 0 Å². The SMILES string of the molecule is CC(C)(C)c1ccc(-c2cc3nc(-c4ccccc4)c(-c4ccc(-c5ccc(-c6nnc(-c7ccccc7)o6)cc5)cc4)nc3cc2-c2ccc(C(C)(C)C)cc2)cc1. The number of hydrogen-bond acceptors (Lipinski definition) is 5. The Bertz CT molecular complexity index is 2880. The summed E-state index contributed by atoms with van der Waals surface area (Å²) < 4.78 is 6.00. The Balaban J connectivity index is 1.11. The van der Waals surface area contributed by atoms with E-state index in [1.807, 2.05) is 48.5 Å². The summed E-state index contributed by atoms with van der Waals surface area (Å²) in [6, 6.07) is 59.4. The molecule has 0 saturated carbocycles. The largest absolute Gasteiger partial charge is 0.416 e. The second kappa shape index (κ2) is 15.1. The number of benzene rings is 7. The van der Waals surface area contributed by atoms with Crippen LogP contribution in [-0.2, 0) is 10.8 Å². The van der Waals surface area contributed by atoms with Gasteiger partial charge in [-0.05, 0) is 91.7 Å². The number of nitrogens with zero attached hydrogens (tertiary/aromatic N) is 4. The van der Waals surface area contributed by atoms with Crippen LogP contribution in [0.2, 0.25) is 0 Å². The molecule has 9 aromatic rings. The third-order valence-corrected chi connectivity index (χ3v) is 11.0. The predicted molar refractivity (Wildman–Crippen MR) is 243 cm³/mol. The van der Waals surface area contributed by atoms with E-state index in [0.717, 1.165) is 78.1 Å². The molecule has 2 heterocycles. The fraction of sp³-hybridized carbons (Fsp3) is 0.148. The Morgan fingerprint density at radius 3 is 1.07 bits per heavy atom. The van der Waals surface area contributed by atoms with Crippen LogP contribution in [-0.4, -0.2) is 20.2 Å². The molecule has 0 spiro atoms. The zero-order valence-electron chi connectivity index (χ0n) is 34.4. The first-order valence-electron chi connectivity index (χ1n) is 20.2. The summed E-state index contributed by atoms with van der Waals surface area (Å²) in [5, 5.41) is 8.56. The first kappa shape index (κ1) is 37.6. The van der Waals surface area contributed by atoms with Crippen molar-refractivity contribution in [1.82, 2.24) is 20.2 Å². The number of hydrogen-bond donors (Lipinski definition) is 0. The summed E-state index contributed by atoms with van der Waals surface area (Å²) in [6.45, 7) is 13.5. The van der Waals surface area contributed by atoms with Crippen LogP contribution in [0.4, 0.5) is 0 Å². The lowest BCUT2D eigenvalue weighted by molar-refractivity contribution is 0.584. The summed E-state index contributed by atoms with van der Waals surface area (Å²) in [5.41, 5.74) is 16.6. The molecule has 0 amide bonds. The minimum absolute atomic E-state index is 0.0586. The van der Waals surface area contributed by atoms with Crippen molar-refractivity contribution in [3.05, 3.63) is 181 Å². The van der Waals surface area contributed by atoms with Gasteiger partial charge in [-0.2, -0.15) is 0 Å². The Morgan fingerprint density at radius 2 is 0.661 bits per heavy atom. The molecule has 0 radical (unpaired) electrons. The average Bonchev–Trinajstić information content (AvgIpc) is 3.77. The molecule has 0 N–H and O–H groups in total. The van der Waals surface area contributed by atoms with E-state index in [1.54, 1.807) is 0 Å². The van der Waals surface area contributed by atoms with E-state index in [4.69, 9.17) is 14.4 Å². The van der Waals surface area contributed by atoms with Gasteiger partial charge in [0.25, 0.3) is 0 Å². The monoisotopic (exact) mass is 766 g/mol. The Morgan fingerprint density at radius 1 is 0.339 bits per heavy atom. The molecule has 9 rings (SSSR count). The molecule has 0 saturated heterocycles. The van der Waals surface area contributed by atoms with Gasteiger partial charge in [0, 0.05) is 22.3 Å². The van der Waals surface area contributed by atoms with Crippen LogP contribution in [0.25, 0.3) is 89.8 Å². The van der Waals surface area contributed by atoms with Crippen molar-refractivity contribution in [2.45, 2.75) is 52.4 Å². The first-order valence-corrected chi connectivity index (χ1v) is 20.2. The quantitative estimate of drug-likeness (QED) is 0.162. The maximum atomic E-state index is 6.00. The van der Waals surface area contributed by atoms with E-state index in [0.29, 0.717) is 11.8 Å². The first-order chi connectivity index (χ1) is 28.5. The number of rotatable bonds is 7. The summed E-state index contributed by atoms with van der Waals surface area (Å²) in [4.78, 5) is 10.8. The molecule has 7 aromatic carbocycles. The van der Waals surface area contributed by atoms with E-state index >= 15 is 0 Å². The average molecular weight is 767 g/mol. The highest BCUT2D eigenvalue weighted by atomic mass is 16.4. The van der Waals surface area contributed by atoms with Gasteiger partial charge in [0.15, 0.2) is 0 Å². The van der Waals surface area contributed by atoms with Gasteiger partial charge >= 0.3 is 0 Å². The van der Waals surface area contributed by atoms with E-state index < -0.39 is 0 Å².